The molecule has 7 heteroatoms. The van der Waals surface area contributed by atoms with Gasteiger partial charge < -0.3 is 19.9 Å². The van der Waals surface area contributed by atoms with Crippen LogP contribution in [0.5, 0.6) is 5.75 Å². The molecule has 1 saturated carbocycles. The Morgan fingerprint density at radius 1 is 1.36 bits per heavy atom. The third-order valence-corrected chi connectivity index (χ3v) is 3.08. The summed E-state index contributed by atoms with van der Waals surface area (Å²) in [6, 6.07) is 3.17. The van der Waals surface area contributed by atoms with Gasteiger partial charge in [0.25, 0.3) is 0 Å². The third kappa shape index (κ3) is 4.34. The van der Waals surface area contributed by atoms with E-state index in [0.717, 1.165) is 0 Å². The van der Waals surface area contributed by atoms with Crippen molar-refractivity contribution in [2.75, 3.05) is 0 Å². The molecule has 1 aliphatic rings. The Bertz CT molecular complexity index is 561. The van der Waals surface area contributed by atoms with Gasteiger partial charge in [0.05, 0.1) is 0 Å². The molecule has 1 aliphatic carbocycles. The fourth-order valence-corrected chi connectivity index (χ4v) is 2.08. The van der Waals surface area contributed by atoms with Crippen LogP contribution in [-0.4, -0.2) is 39.9 Å². The fourth-order valence-electron chi connectivity index (χ4n) is 2.08. The van der Waals surface area contributed by atoms with Gasteiger partial charge in [0.15, 0.2) is 11.4 Å². The number of carbonyl (C=O) groups excluding carboxylic acids is 1. The van der Waals surface area contributed by atoms with E-state index in [1.165, 1.54) is 6.20 Å². The second-order valence-corrected chi connectivity index (χ2v) is 6.21. The number of carbonyl (C=O) groups is 2. The van der Waals surface area contributed by atoms with Gasteiger partial charge in [-0.05, 0) is 32.9 Å². The number of amides is 1. The monoisotopic (exact) mass is 308 g/mol. The van der Waals surface area contributed by atoms with Crippen molar-refractivity contribution in [3.8, 4) is 5.75 Å². The van der Waals surface area contributed by atoms with Gasteiger partial charge in [0, 0.05) is 25.1 Å². The number of pyridine rings is 1. The largest absolute Gasteiger partial charge is 0.488 e. The van der Waals surface area contributed by atoms with Crippen molar-refractivity contribution in [2.24, 2.45) is 0 Å². The average molecular weight is 308 g/mol. The number of carboxylic acid groups (broad SMARTS) is 1. The number of aromatic nitrogens is 1. The lowest BCUT2D eigenvalue weighted by Gasteiger charge is -2.36. The molecule has 0 spiro atoms. The highest BCUT2D eigenvalue weighted by Gasteiger charge is 2.34. The summed E-state index contributed by atoms with van der Waals surface area (Å²) in [5.41, 5.74) is -0.637. The van der Waals surface area contributed by atoms with Gasteiger partial charge >= 0.3 is 12.1 Å². The molecule has 120 valence electrons. The number of aromatic carboxylic acids is 1. The van der Waals surface area contributed by atoms with Gasteiger partial charge in [-0.2, -0.15) is 0 Å². The van der Waals surface area contributed by atoms with E-state index in [0.29, 0.717) is 12.8 Å². The highest BCUT2D eigenvalue weighted by molar-refractivity contribution is 5.88. The lowest BCUT2D eigenvalue weighted by Crippen LogP contribution is -2.50. The predicted octanol–water partition coefficient (Wildman–Crippen LogP) is 2.21. The van der Waals surface area contributed by atoms with Crippen molar-refractivity contribution in [3.63, 3.8) is 0 Å². The molecule has 1 fully saturated rings. The van der Waals surface area contributed by atoms with Gasteiger partial charge in [0.2, 0.25) is 0 Å². The molecule has 7 nitrogen and oxygen atoms in total. The maximum Gasteiger partial charge on any atom is 0.407 e. The molecule has 1 aromatic heterocycles. The van der Waals surface area contributed by atoms with Crippen LogP contribution in [0.15, 0.2) is 18.3 Å². The lowest BCUT2D eigenvalue weighted by atomic mass is 9.89. The standard InChI is InChI=1S/C15H20N2O5/c1-15(2,3)22-14(20)17-9-7-10(8-9)21-11-5-4-6-16-12(11)13(18)19/h4-6,9-10H,7-8H2,1-3H3,(H,17,20)(H,18,19). The summed E-state index contributed by atoms with van der Waals surface area (Å²) in [4.78, 5) is 26.4. The number of rotatable bonds is 4. The fraction of sp³-hybridized carbons (Fsp3) is 0.533. The van der Waals surface area contributed by atoms with Crippen LogP contribution < -0.4 is 10.1 Å². The molecular weight excluding hydrogens is 288 g/mol. The van der Waals surface area contributed by atoms with E-state index in [2.05, 4.69) is 10.3 Å². The van der Waals surface area contributed by atoms with E-state index < -0.39 is 17.7 Å². The molecular formula is C15H20N2O5. The van der Waals surface area contributed by atoms with E-state index in [4.69, 9.17) is 14.6 Å². The Kier molecular flexibility index (Phi) is 4.54. The quantitative estimate of drug-likeness (QED) is 0.885. The number of hydrogen-bond acceptors (Lipinski definition) is 5. The van der Waals surface area contributed by atoms with E-state index >= 15 is 0 Å². The molecule has 0 unspecified atom stereocenters. The maximum absolute atomic E-state index is 11.6. The third-order valence-electron chi connectivity index (χ3n) is 3.08. The first-order chi connectivity index (χ1) is 10.2. The summed E-state index contributed by atoms with van der Waals surface area (Å²) < 4.78 is 10.8. The summed E-state index contributed by atoms with van der Waals surface area (Å²) >= 11 is 0. The Hall–Kier alpha value is -2.31. The van der Waals surface area contributed by atoms with Crippen LogP contribution in [0.2, 0.25) is 0 Å². The van der Waals surface area contributed by atoms with Crippen molar-refractivity contribution in [3.05, 3.63) is 24.0 Å². The first-order valence-corrected chi connectivity index (χ1v) is 7.09. The minimum absolute atomic E-state index is 0.0233. The van der Waals surface area contributed by atoms with Crippen molar-refractivity contribution in [1.82, 2.24) is 10.3 Å². The molecule has 0 saturated heterocycles. The molecule has 2 N–H and O–H groups in total. The molecule has 1 amide bonds. The van der Waals surface area contributed by atoms with Crippen LogP contribution in [-0.2, 0) is 4.74 Å². The Labute approximate surface area is 128 Å². The molecule has 0 bridgehead atoms. The Balaban J connectivity index is 1.81. The zero-order valence-corrected chi connectivity index (χ0v) is 12.8. The molecule has 1 aromatic rings. The van der Waals surface area contributed by atoms with E-state index in [1.807, 2.05) is 0 Å². The summed E-state index contributed by atoms with van der Waals surface area (Å²) in [5.74, 6) is -0.880. The number of hydrogen-bond donors (Lipinski definition) is 2. The van der Waals surface area contributed by atoms with E-state index in [-0.39, 0.29) is 23.6 Å². The van der Waals surface area contributed by atoms with Crippen LogP contribution in [0.25, 0.3) is 0 Å². The number of nitrogens with one attached hydrogen (secondary N) is 1. The van der Waals surface area contributed by atoms with Crippen molar-refractivity contribution in [1.29, 1.82) is 0 Å². The Morgan fingerprint density at radius 2 is 2.05 bits per heavy atom. The first-order valence-electron chi connectivity index (χ1n) is 7.09. The van der Waals surface area contributed by atoms with Crippen molar-refractivity contribution >= 4 is 12.1 Å². The zero-order chi connectivity index (χ0) is 16.3. The predicted molar refractivity (Wildman–Crippen MR) is 78.0 cm³/mol. The van der Waals surface area contributed by atoms with Crippen molar-refractivity contribution in [2.45, 2.75) is 51.4 Å². The molecule has 22 heavy (non-hydrogen) atoms. The first kappa shape index (κ1) is 16.1. The highest BCUT2D eigenvalue weighted by atomic mass is 16.6. The molecule has 0 atom stereocenters. The van der Waals surface area contributed by atoms with Gasteiger partial charge in [-0.3, -0.25) is 0 Å². The summed E-state index contributed by atoms with van der Waals surface area (Å²) in [6.45, 7) is 5.40. The number of ether oxygens (including phenoxy) is 2. The molecule has 1 heterocycles. The minimum atomic E-state index is -1.13. The van der Waals surface area contributed by atoms with Gasteiger partial charge in [-0.25, -0.2) is 14.6 Å². The van der Waals surface area contributed by atoms with Crippen LogP contribution in [0.1, 0.15) is 44.1 Å². The normalized spacial score (nSPS) is 20.7. The van der Waals surface area contributed by atoms with Gasteiger partial charge in [0.1, 0.15) is 11.7 Å². The summed E-state index contributed by atoms with van der Waals surface area (Å²) in [6.07, 6.45) is 2.02. The number of nitrogens with zero attached hydrogens (tertiary/aromatic N) is 1. The second kappa shape index (κ2) is 6.21. The smallest absolute Gasteiger partial charge is 0.407 e. The van der Waals surface area contributed by atoms with Crippen LogP contribution in [0, 0.1) is 0 Å². The maximum atomic E-state index is 11.6. The van der Waals surface area contributed by atoms with Gasteiger partial charge in [-0.15, -0.1) is 0 Å². The Morgan fingerprint density at radius 3 is 2.64 bits per heavy atom. The molecule has 2 rings (SSSR count). The van der Waals surface area contributed by atoms with E-state index in [9.17, 15) is 9.59 Å². The zero-order valence-electron chi connectivity index (χ0n) is 12.8. The lowest BCUT2D eigenvalue weighted by molar-refractivity contribution is 0.0359. The van der Waals surface area contributed by atoms with Crippen LogP contribution in [0.3, 0.4) is 0 Å². The SMILES string of the molecule is CC(C)(C)OC(=O)NC1CC(Oc2cccnc2C(=O)O)C1. The van der Waals surface area contributed by atoms with Crippen molar-refractivity contribution < 1.29 is 24.2 Å². The second-order valence-electron chi connectivity index (χ2n) is 6.21. The number of alkyl carbamates (subject to hydrolysis) is 1. The molecule has 0 radical (unpaired) electrons. The van der Waals surface area contributed by atoms with Crippen LogP contribution >= 0.6 is 0 Å². The summed E-state index contributed by atoms with van der Waals surface area (Å²) in [7, 11) is 0. The highest BCUT2D eigenvalue weighted by Crippen LogP contribution is 2.27. The molecule has 0 aliphatic heterocycles. The minimum Gasteiger partial charge on any atom is -0.488 e. The van der Waals surface area contributed by atoms with Gasteiger partial charge in [-0.1, -0.05) is 0 Å². The summed E-state index contributed by atoms with van der Waals surface area (Å²) in [5, 5.41) is 11.8. The molecule has 0 aromatic carbocycles. The number of carboxylic acids is 1. The average Bonchev–Trinajstić information content (AvgIpc) is 2.34. The topological polar surface area (TPSA) is 97.8 Å². The van der Waals surface area contributed by atoms with Crippen LogP contribution in [0.4, 0.5) is 4.79 Å². The van der Waals surface area contributed by atoms with E-state index in [1.54, 1.807) is 32.9 Å².